The molecular formula is C24H26ClN2O5+. The summed E-state index contributed by atoms with van der Waals surface area (Å²) in [7, 11) is 1.57. The maximum atomic E-state index is 13.4. The monoisotopic (exact) mass is 457 g/mol. The molecule has 0 aliphatic carbocycles. The quantitative estimate of drug-likeness (QED) is 0.384. The zero-order valence-electron chi connectivity index (χ0n) is 17.9. The molecule has 2 aromatic rings. The lowest BCUT2D eigenvalue weighted by atomic mass is 9.86. The van der Waals surface area contributed by atoms with Crippen LogP contribution in [0.4, 0.5) is 0 Å². The topological polar surface area (TPSA) is 77.4 Å². The summed E-state index contributed by atoms with van der Waals surface area (Å²) in [6, 6.07) is 12.9. The third kappa shape index (κ3) is 4.55. The smallest absolute Gasteiger partial charge is 0.291 e. The number of benzene rings is 2. The third-order valence-electron chi connectivity index (χ3n) is 6.18. The Kier molecular flexibility index (Phi) is 6.89. The molecule has 0 bridgehead atoms. The van der Waals surface area contributed by atoms with Crippen LogP contribution in [0.1, 0.15) is 22.0 Å². The number of likely N-dealkylation sites (tertiary alicyclic amines) is 1. The number of halogens is 1. The second-order valence-corrected chi connectivity index (χ2v) is 8.48. The molecule has 0 saturated carbocycles. The Morgan fingerprint density at radius 2 is 1.75 bits per heavy atom. The molecule has 4 rings (SSSR count). The van der Waals surface area contributed by atoms with Gasteiger partial charge in [-0.3, -0.25) is 14.4 Å². The lowest BCUT2D eigenvalue weighted by Gasteiger charge is -2.30. The van der Waals surface area contributed by atoms with E-state index in [0.29, 0.717) is 42.6 Å². The first-order valence-electron chi connectivity index (χ1n) is 10.7. The number of Topliss-reactive ketones (excluding diaryl/α,β-unsaturated/α-hetero) is 2. The second-order valence-electron chi connectivity index (χ2n) is 8.04. The van der Waals surface area contributed by atoms with Gasteiger partial charge in [-0.1, -0.05) is 23.7 Å². The molecule has 0 aromatic heterocycles. The Balaban J connectivity index is 1.66. The van der Waals surface area contributed by atoms with Crippen LogP contribution in [0.2, 0.25) is 5.02 Å². The van der Waals surface area contributed by atoms with Crippen LogP contribution in [-0.2, 0) is 14.3 Å². The number of amides is 1. The SMILES string of the molecule is COc1ccc(C2C(C(=O)c3ccc(Cl)cc3)C(=O)C(=O)N2CC[NH+]2CCOCC2)cc1. The van der Waals surface area contributed by atoms with E-state index in [1.807, 2.05) is 12.1 Å². The van der Waals surface area contributed by atoms with Gasteiger partial charge in [0.05, 0.1) is 39.5 Å². The maximum absolute atomic E-state index is 13.4. The average molecular weight is 458 g/mol. The highest BCUT2D eigenvalue weighted by atomic mass is 35.5. The molecule has 0 radical (unpaired) electrons. The van der Waals surface area contributed by atoms with E-state index >= 15 is 0 Å². The van der Waals surface area contributed by atoms with Crippen molar-refractivity contribution in [3.63, 3.8) is 0 Å². The lowest BCUT2D eigenvalue weighted by Crippen LogP contribution is -3.14. The highest BCUT2D eigenvalue weighted by Crippen LogP contribution is 2.38. The Morgan fingerprint density at radius 1 is 1.09 bits per heavy atom. The first-order valence-corrected chi connectivity index (χ1v) is 11.1. The van der Waals surface area contributed by atoms with Crippen molar-refractivity contribution in [3.8, 4) is 5.75 Å². The number of hydrogen-bond acceptors (Lipinski definition) is 5. The van der Waals surface area contributed by atoms with E-state index in [2.05, 4.69) is 0 Å². The minimum atomic E-state index is -1.10. The van der Waals surface area contributed by atoms with Gasteiger partial charge in [0.2, 0.25) is 5.78 Å². The summed E-state index contributed by atoms with van der Waals surface area (Å²) in [6.45, 7) is 4.16. The first kappa shape index (κ1) is 22.5. The lowest BCUT2D eigenvalue weighted by molar-refractivity contribution is -0.907. The fraction of sp³-hybridized carbons (Fsp3) is 0.375. The molecule has 8 heteroatoms. The van der Waals surface area contributed by atoms with Gasteiger partial charge in [0.15, 0.2) is 5.78 Å². The van der Waals surface area contributed by atoms with E-state index < -0.39 is 23.7 Å². The maximum Gasteiger partial charge on any atom is 0.291 e. The third-order valence-corrected chi connectivity index (χ3v) is 6.43. The minimum Gasteiger partial charge on any atom is -0.497 e. The molecule has 168 valence electrons. The molecule has 2 aromatic carbocycles. The van der Waals surface area contributed by atoms with Crippen molar-refractivity contribution in [2.75, 3.05) is 46.5 Å². The van der Waals surface area contributed by atoms with E-state index in [1.54, 1.807) is 48.4 Å². The number of nitrogens with zero attached hydrogens (tertiary/aromatic N) is 1. The van der Waals surface area contributed by atoms with Crippen molar-refractivity contribution < 1.29 is 28.8 Å². The first-order chi connectivity index (χ1) is 15.5. The van der Waals surface area contributed by atoms with Crippen LogP contribution >= 0.6 is 11.6 Å². The summed E-state index contributed by atoms with van der Waals surface area (Å²) in [6.07, 6.45) is 0. The number of quaternary nitrogens is 1. The van der Waals surface area contributed by atoms with Gasteiger partial charge in [-0.2, -0.15) is 0 Å². The molecule has 2 heterocycles. The molecule has 7 nitrogen and oxygen atoms in total. The van der Waals surface area contributed by atoms with Gasteiger partial charge in [0, 0.05) is 10.6 Å². The molecule has 1 N–H and O–H groups in total. The summed E-state index contributed by atoms with van der Waals surface area (Å²) >= 11 is 5.96. The molecule has 0 spiro atoms. The number of morpholine rings is 1. The van der Waals surface area contributed by atoms with Crippen LogP contribution in [0, 0.1) is 5.92 Å². The molecule has 2 atom stereocenters. The largest absolute Gasteiger partial charge is 0.497 e. The van der Waals surface area contributed by atoms with Crippen molar-refractivity contribution in [3.05, 3.63) is 64.7 Å². The van der Waals surface area contributed by atoms with Crippen molar-refractivity contribution >= 4 is 29.1 Å². The van der Waals surface area contributed by atoms with Gasteiger partial charge in [0.25, 0.3) is 5.91 Å². The second kappa shape index (κ2) is 9.81. The summed E-state index contributed by atoms with van der Waals surface area (Å²) in [5.41, 5.74) is 1.09. The summed E-state index contributed by atoms with van der Waals surface area (Å²) in [5, 5.41) is 0.497. The number of carbonyl (C=O) groups excluding carboxylic acids is 3. The minimum absolute atomic E-state index is 0.361. The number of methoxy groups -OCH3 is 1. The average Bonchev–Trinajstić information content (AvgIpc) is 3.08. The standard InChI is InChI=1S/C24H25ClN2O5/c1-31-19-8-4-16(5-9-19)21-20(22(28)17-2-6-18(25)7-3-17)23(29)24(30)27(21)11-10-26-12-14-32-15-13-26/h2-9,20-21H,10-15H2,1H3/p+1. The predicted molar refractivity (Wildman–Crippen MR) is 118 cm³/mol. The number of nitrogens with one attached hydrogen (secondary N) is 1. The Labute approximate surface area is 191 Å². The van der Waals surface area contributed by atoms with Gasteiger partial charge < -0.3 is 19.3 Å². The van der Waals surface area contributed by atoms with E-state index in [-0.39, 0.29) is 5.78 Å². The zero-order valence-corrected chi connectivity index (χ0v) is 18.6. The Bertz CT molecular complexity index is 986. The van der Waals surface area contributed by atoms with E-state index in [9.17, 15) is 14.4 Å². The van der Waals surface area contributed by atoms with Crippen LogP contribution in [-0.4, -0.2) is 68.9 Å². The van der Waals surface area contributed by atoms with Gasteiger partial charge in [-0.25, -0.2) is 0 Å². The molecule has 2 saturated heterocycles. The fourth-order valence-corrected chi connectivity index (χ4v) is 4.51. The molecule has 2 aliphatic rings. The van der Waals surface area contributed by atoms with Gasteiger partial charge in [-0.15, -0.1) is 0 Å². The van der Waals surface area contributed by atoms with Gasteiger partial charge in [0.1, 0.15) is 24.8 Å². The predicted octanol–water partition coefficient (Wildman–Crippen LogP) is 1.22. The van der Waals surface area contributed by atoms with Crippen molar-refractivity contribution in [2.45, 2.75) is 6.04 Å². The molecular weight excluding hydrogens is 432 g/mol. The molecule has 2 unspecified atom stereocenters. The van der Waals surface area contributed by atoms with E-state index in [4.69, 9.17) is 21.1 Å². The number of hydrogen-bond donors (Lipinski definition) is 1. The highest BCUT2D eigenvalue weighted by molar-refractivity contribution is 6.44. The fourth-order valence-electron chi connectivity index (χ4n) is 4.38. The van der Waals surface area contributed by atoms with Crippen molar-refractivity contribution in [2.24, 2.45) is 5.92 Å². The summed E-state index contributed by atoms with van der Waals surface area (Å²) < 4.78 is 10.6. The Hall–Kier alpha value is -2.74. The number of ether oxygens (including phenoxy) is 2. The normalized spacial score (nSPS) is 21.8. The van der Waals surface area contributed by atoms with Crippen LogP contribution in [0.5, 0.6) is 5.75 Å². The summed E-state index contributed by atoms with van der Waals surface area (Å²) in [5.74, 6) is -2.08. The number of ketones is 2. The van der Waals surface area contributed by atoms with Crippen LogP contribution in [0.25, 0.3) is 0 Å². The van der Waals surface area contributed by atoms with Crippen LogP contribution < -0.4 is 9.64 Å². The van der Waals surface area contributed by atoms with Crippen molar-refractivity contribution in [1.29, 1.82) is 0 Å². The molecule has 32 heavy (non-hydrogen) atoms. The van der Waals surface area contributed by atoms with Crippen LogP contribution in [0.3, 0.4) is 0 Å². The van der Waals surface area contributed by atoms with Gasteiger partial charge in [-0.05, 0) is 42.0 Å². The van der Waals surface area contributed by atoms with E-state index in [0.717, 1.165) is 18.7 Å². The molecule has 1 amide bonds. The molecule has 2 aliphatic heterocycles. The summed E-state index contributed by atoms with van der Waals surface area (Å²) in [4.78, 5) is 42.4. The van der Waals surface area contributed by atoms with Crippen molar-refractivity contribution in [1.82, 2.24) is 4.90 Å². The van der Waals surface area contributed by atoms with Gasteiger partial charge >= 0.3 is 0 Å². The van der Waals surface area contributed by atoms with Crippen LogP contribution in [0.15, 0.2) is 48.5 Å². The molecule has 2 fully saturated rings. The van der Waals surface area contributed by atoms with E-state index in [1.165, 1.54) is 4.90 Å². The Morgan fingerprint density at radius 3 is 2.38 bits per heavy atom. The zero-order chi connectivity index (χ0) is 22.7. The highest BCUT2D eigenvalue weighted by Gasteiger charge is 2.51. The number of carbonyl (C=O) groups is 3. The number of rotatable bonds is 7.